The van der Waals surface area contributed by atoms with Crippen LogP contribution in [0.1, 0.15) is 46.8 Å². The third-order valence-electron chi connectivity index (χ3n) is 5.15. The van der Waals surface area contributed by atoms with Crippen molar-refractivity contribution >= 4 is 17.3 Å². The Morgan fingerprint density at radius 1 is 1.17 bits per heavy atom. The Labute approximate surface area is 169 Å². The number of nitrogens with zero attached hydrogens (tertiary/aromatic N) is 3. The predicted octanol–water partition coefficient (Wildman–Crippen LogP) is 4.50. The van der Waals surface area contributed by atoms with Crippen molar-refractivity contribution in [2.24, 2.45) is 0 Å². The van der Waals surface area contributed by atoms with Gasteiger partial charge in [0.15, 0.2) is 0 Å². The minimum Gasteiger partial charge on any atom is -0.344 e. The zero-order valence-electron chi connectivity index (χ0n) is 16.5. The Morgan fingerprint density at radius 2 is 1.97 bits per heavy atom. The second-order valence-corrected chi connectivity index (χ2v) is 7.31. The molecule has 4 rings (SSSR count). The van der Waals surface area contributed by atoms with E-state index in [9.17, 15) is 9.18 Å². The lowest BCUT2D eigenvalue weighted by molar-refractivity contribution is 0.0939. The van der Waals surface area contributed by atoms with Gasteiger partial charge in [0.1, 0.15) is 5.82 Å². The normalized spacial score (nSPS) is 14.2. The van der Waals surface area contributed by atoms with Crippen LogP contribution in [0.2, 0.25) is 0 Å². The number of benzene rings is 1. The number of hydrogen-bond acceptors (Lipinski definition) is 4. The van der Waals surface area contributed by atoms with Gasteiger partial charge in [-0.3, -0.25) is 14.8 Å². The summed E-state index contributed by atoms with van der Waals surface area (Å²) in [6.07, 6.45) is 3.75. The second-order valence-electron chi connectivity index (χ2n) is 7.31. The fraction of sp³-hybridized carbons (Fsp3) is 0.261. The van der Waals surface area contributed by atoms with E-state index in [1.807, 2.05) is 32.2 Å². The fourth-order valence-electron chi connectivity index (χ4n) is 3.63. The number of aromatic nitrogens is 2. The van der Waals surface area contributed by atoms with E-state index in [0.717, 1.165) is 47.8 Å². The van der Waals surface area contributed by atoms with Gasteiger partial charge in [0.05, 0.1) is 23.1 Å². The van der Waals surface area contributed by atoms with Gasteiger partial charge in [-0.2, -0.15) is 0 Å². The Bertz CT molecular complexity index is 1040. The summed E-state index contributed by atoms with van der Waals surface area (Å²) in [5, 5.41) is 2.94. The van der Waals surface area contributed by atoms with Crippen LogP contribution >= 0.6 is 0 Å². The van der Waals surface area contributed by atoms with Crippen LogP contribution in [0.5, 0.6) is 0 Å². The summed E-state index contributed by atoms with van der Waals surface area (Å²) in [7, 11) is 0. The summed E-state index contributed by atoms with van der Waals surface area (Å²) in [6, 6.07) is 13.4. The molecule has 2 aromatic heterocycles. The van der Waals surface area contributed by atoms with Gasteiger partial charge in [-0.15, -0.1) is 0 Å². The highest BCUT2D eigenvalue weighted by atomic mass is 19.1. The average Bonchev–Trinajstić information content (AvgIpc) is 2.73. The third kappa shape index (κ3) is 4.11. The first-order chi connectivity index (χ1) is 14.0. The molecule has 3 aromatic rings. The second kappa shape index (κ2) is 7.99. The number of halogens is 1. The number of amides is 1. The maximum atomic E-state index is 13.1. The maximum absolute atomic E-state index is 13.1. The van der Waals surface area contributed by atoms with Crippen molar-refractivity contribution in [1.82, 2.24) is 15.3 Å². The van der Waals surface area contributed by atoms with Crippen LogP contribution in [0, 0.1) is 12.7 Å². The number of carbonyl (C=O) groups excluding carboxylic acids is 1. The molecule has 148 valence electrons. The highest BCUT2D eigenvalue weighted by Crippen LogP contribution is 2.33. The van der Waals surface area contributed by atoms with Gasteiger partial charge in [-0.05, 0) is 75.2 Å². The van der Waals surface area contributed by atoms with Crippen molar-refractivity contribution in [3.63, 3.8) is 0 Å². The molecule has 1 aromatic carbocycles. The average molecular weight is 390 g/mol. The maximum Gasteiger partial charge on any atom is 0.251 e. The van der Waals surface area contributed by atoms with Crippen LogP contribution in [-0.4, -0.2) is 22.4 Å². The minimum atomic E-state index is -0.361. The highest BCUT2D eigenvalue weighted by molar-refractivity contribution is 5.94. The number of rotatable bonds is 4. The van der Waals surface area contributed by atoms with Crippen LogP contribution < -0.4 is 10.2 Å². The SMILES string of the molecule is Cc1cc(N2CCCc3nc([C@@H](C)NC(=O)c4ccc(F)cc4)ccc32)ccn1. The lowest BCUT2D eigenvalue weighted by Gasteiger charge is -2.31. The minimum absolute atomic E-state index is 0.245. The smallest absolute Gasteiger partial charge is 0.251 e. The highest BCUT2D eigenvalue weighted by Gasteiger charge is 2.21. The molecular formula is C23H23FN4O. The van der Waals surface area contributed by atoms with Crippen molar-refractivity contribution < 1.29 is 9.18 Å². The molecule has 1 N–H and O–H groups in total. The van der Waals surface area contributed by atoms with E-state index in [4.69, 9.17) is 4.98 Å². The molecule has 0 bridgehead atoms. The van der Waals surface area contributed by atoms with E-state index in [1.54, 1.807) is 0 Å². The lowest BCUT2D eigenvalue weighted by Crippen LogP contribution is -2.29. The van der Waals surface area contributed by atoms with Gasteiger partial charge >= 0.3 is 0 Å². The molecule has 29 heavy (non-hydrogen) atoms. The third-order valence-corrected chi connectivity index (χ3v) is 5.15. The number of nitrogens with one attached hydrogen (secondary N) is 1. The molecule has 0 fully saturated rings. The molecule has 0 spiro atoms. The monoisotopic (exact) mass is 390 g/mol. The lowest BCUT2D eigenvalue weighted by atomic mass is 10.0. The number of hydrogen-bond donors (Lipinski definition) is 1. The Kier molecular flexibility index (Phi) is 5.25. The first-order valence-electron chi connectivity index (χ1n) is 9.78. The Morgan fingerprint density at radius 3 is 2.72 bits per heavy atom. The van der Waals surface area contributed by atoms with E-state index in [-0.39, 0.29) is 17.8 Å². The van der Waals surface area contributed by atoms with E-state index in [0.29, 0.717) is 5.56 Å². The summed E-state index contributed by atoms with van der Waals surface area (Å²) in [6.45, 7) is 4.83. The van der Waals surface area contributed by atoms with Gasteiger partial charge in [0.25, 0.3) is 5.91 Å². The Hall–Kier alpha value is -3.28. The molecular weight excluding hydrogens is 367 g/mol. The molecule has 0 aliphatic carbocycles. The first-order valence-corrected chi connectivity index (χ1v) is 9.78. The standard InChI is InChI=1S/C23H23FN4O/c1-15-14-19(11-12-25-15)28-13-3-4-21-22(28)10-9-20(27-21)16(2)26-23(29)17-5-7-18(24)8-6-17/h5-12,14,16H,3-4,13H2,1-2H3,(H,26,29)/t16-/m1/s1. The molecule has 1 atom stereocenters. The summed E-state index contributed by atoms with van der Waals surface area (Å²) < 4.78 is 13.1. The molecule has 1 aliphatic rings. The van der Waals surface area contributed by atoms with Crippen molar-refractivity contribution in [2.45, 2.75) is 32.7 Å². The largest absolute Gasteiger partial charge is 0.344 e. The van der Waals surface area contributed by atoms with Gasteiger partial charge in [0.2, 0.25) is 0 Å². The molecule has 3 heterocycles. The van der Waals surface area contributed by atoms with Crippen LogP contribution in [0.3, 0.4) is 0 Å². The van der Waals surface area contributed by atoms with E-state index >= 15 is 0 Å². The molecule has 6 heteroatoms. The molecule has 1 amide bonds. The predicted molar refractivity (Wildman–Crippen MR) is 111 cm³/mol. The zero-order valence-corrected chi connectivity index (χ0v) is 16.5. The number of aryl methyl sites for hydroxylation is 2. The molecule has 0 saturated carbocycles. The van der Waals surface area contributed by atoms with Gasteiger partial charge < -0.3 is 10.2 Å². The molecule has 0 saturated heterocycles. The molecule has 1 aliphatic heterocycles. The van der Waals surface area contributed by atoms with Crippen LogP contribution in [-0.2, 0) is 6.42 Å². The van der Waals surface area contributed by atoms with E-state index in [1.165, 1.54) is 24.3 Å². The number of carbonyl (C=O) groups is 1. The Balaban J connectivity index is 1.54. The van der Waals surface area contributed by atoms with Gasteiger partial charge in [-0.25, -0.2) is 4.39 Å². The topological polar surface area (TPSA) is 58.1 Å². The fourth-order valence-corrected chi connectivity index (χ4v) is 3.63. The van der Waals surface area contributed by atoms with E-state index in [2.05, 4.69) is 27.3 Å². The quantitative estimate of drug-likeness (QED) is 0.713. The zero-order chi connectivity index (χ0) is 20.4. The first kappa shape index (κ1) is 19.1. The van der Waals surface area contributed by atoms with Crippen molar-refractivity contribution in [1.29, 1.82) is 0 Å². The summed E-state index contributed by atoms with van der Waals surface area (Å²) in [5.41, 5.74) is 5.47. The summed E-state index contributed by atoms with van der Waals surface area (Å²) >= 11 is 0. The van der Waals surface area contributed by atoms with Crippen molar-refractivity contribution in [3.05, 3.63) is 83.2 Å². The summed E-state index contributed by atoms with van der Waals surface area (Å²) in [5.74, 6) is -0.606. The van der Waals surface area contributed by atoms with Gasteiger partial charge in [-0.1, -0.05) is 0 Å². The van der Waals surface area contributed by atoms with Crippen LogP contribution in [0.4, 0.5) is 15.8 Å². The number of anilines is 2. The van der Waals surface area contributed by atoms with E-state index < -0.39 is 0 Å². The number of fused-ring (bicyclic) bond motifs is 1. The number of pyridine rings is 2. The summed E-state index contributed by atoms with van der Waals surface area (Å²) in [4.78, 5) is 23.8. The van der Waals surface area contributed by atoms with Crippen LogP contribution in [0.15, 0.2) is 54.7 Å². The van der Waals surface area contributed by atoms with Crippen LogP contribution in [0.25, 0.3) is 0 Å². The molecule has 5 nitrogen and oxygen atoms in total. The molecule has 0 unspecified atom stereocenters. The van der Waals surface area contributed by atoms with Gasteiger partial charge in [0, 0.05) is 29.7 Å². The van der Waals surface area contributed by atoms with Crippen molar-refractivity contribution in [3.8, 4) is 0 Å². The van der Waals surface area contributed by atoms with Crippen molar-refractivity contribution in [2.75, 3.05) is 11.4 Å². The molecule has 0 radical (unpaired) electrons.